The van der Waals surface area contributed by atoms with Crippen molar-refractivity contribution < 1.29 is 14.6 Å². The van der Waals surface area contributed by atoms with Gasteiger partial charge in [0.05, 0.1) is 6.61 Å². The Balaban J connectivity index is 1.86. The molecule has 1 aromatic carbocycles. The first-order chi connectivity index (χ1) is 9.20. The van der Waals surface area contributed by atoms with Crippen LogP contribution < -0.4 is 4.74 Å². The van der Waals surface area contributed by atoms with Crippen LogP contribution in [-0.4, -0.2) is 41.7 Å². The molecule has 0 atom stereocenters. The fourth-order valence-corrected chi connectivity index (χ4v) is 2.20. The summed E-state index contributed by atoms with van der Waals surface area (Å²) in [7, 11) is 0. The second-order valence-electron chi connectivity index (χ2n) is 4.64. The smallest absolute Gasteiger partial charge is 0.260 e. The quantitative estimate of drug-likeness (QED) is 0.870. The number of rotatable bonds is 6. The Morgan fingerprint density at radius 1 is 1.37 bits per heavy atom. The monoisotopic (exact) mass is 283 g/mol. The summed E-state index contributed by atoms with van der Waals surface area (Å²) < 4.78 is 5.44. The molecule has 5 heteroatoms. The molecule has 1 N–H and O–H groups in total. The molecule has 0 bridgehead atoms. The summed E-state index contributed by atoms with van der Waals surface area (Å²) in [6.07, 6.45) is 3.19. The highest BCUT2D eigenvalue weighted by Gasteiger charge is 2.28. The highest BCUT2D eigenvalue weighted by molar-refractivity contribution is 6.30. The second kappa shape index (κ2) is 6.78. The molecule has 1 amide bonds. The van der Waals surface area contributed by atoms with Crippen LogP contribution in [0.15, 0.2) is 24.3 Å². The van der Waals surface area contributed by atoms with Gasteiger partial charge in [0.25, 0.3) is 5.91 Å². The molecule has 0 heterocycles. The fourth-order valence-electron chi connectivity index (χ4n) is 2.08. The SMILES string of the molecule is O=C(COc1ccc(Cl)cc1)N(CCO)C1CCC1. The van der Waals surface area contributed by atoms with Crippen molar-refractivity contribution >= 4 is 17.5 Å². The van der Waals surface area contributed by atoms with Gasteiger partial charge >= 0.3 is 0 Å². The first-order valence-electron chi connectivity index (χ1n) is 6.49. The van der Waals surface area contributed by atoms with Gasteiger partial charge in [-0.3, -0.25) is 4.79 Å². The molecule has 0 aliphatic heterocycles. The number of amides is 1. The lowest BCUT2D eigenvalue weighted by Crippen LogP contribution is -2.47. The second-order valence-corrected chi connectivity index (χ2v) is 5.07. The number of carbonyl (C=O) groups is 1. The van der Waals surface area contributed by atoms with Crippen LogP contribution in [0.4, 0.5) is 0 Å². The van der Waals surface area contributed by atoms with Crippen LogP contribution in [0.5, 0.6) is 5.75 Å². The molecule has 2 rings (SSSR count). The summed E-state index contributed by atoms with van der Waals surface area (Å²) in [5.74, 6) is 0.545. The van der Waals surface area contributed by atoms with Crippen LogP contribution in [0.25, 0.3) is 0 Å². The number of aliphatic hydroxyl groups excluding tert-OH is 1. The fraction of sp³-hybridized carbons (Fsp3) is 0.500. The molecule has 1 aromatic rings. The summed E-state index contributed by atoms with van der Waals surface area (Å²) in [6, 6.07) is 7.18. The van der Waals surface area contributed by atoms with E-state index in [4.69, 9.17) is 21.4 Å². The van der Waals surface area contributed by atoms with Gasteiger partial charge in [0, 0.05) is 17.6 Å². The van der Waals surface area contributed by atoms with Crippen molar-refractivity contribution in [3.05, 3.63) is 29.3 Å². The molecule has 0 spiro atoms. The zero-order valence-electron chi connectivity index (χ0n) is 10.7. The highest BCUT2D eigenvalue weighted by atomic mass is 35.5. The Kier molecular flexibility index (Phi) is 5.05. The summed E-state index contributed by atoms with van der Waals surface area (Å²) >= 11 is 5.78. The Labute approximate surface area is 117 Å². The third kappa shape index (κ3) is 3.85. The van der Waals surface area contributed by atoms with Crippen LogP contribution in [-0.2, 0) is 4.79 Å². The van der Waals surface area contributed by atoms with E-state index in [1.165, 1.54) is 0 Å². The minimum absolute atomic E-state index is 0.00185. The van der Waals surface area contributed by atoms with Crippen LogP contribution >= 0.6 is 11.6 Å². The summed E-state index contributed by atoms with van der Waals surface area (Å²) in [5.41, 5.74) is 0. The largest absolute Gasteiger partial charge is 0.484 e. The van der Waals surface area contributed by atoms with Crippen molar-refractivity contribution in [2.75, 3.05) is 19.8 Å². The van der Waals surface area contributed by atoms with Crippen molar-refractivity contribution in [2.24, 2.45) is 0 Å². The van der Waals surface area contributed by atoms with E-state index in [9.17, 15) is 4.79 Å². The zero-order chi connectivity index (χ0) is 13.7. The molecule has 0 unspecified atom stereocenters. The van der Waals surface area contributed by atoms with E-state index in [1.807, 2.05) is 0 Å². The lowest BCUT2D eigenvalue weighted by molar-refractivity contribution is -0.138. The van der Waals surface area contributed by atoms with Gasteiger partial charge < -0.3 is 14.7 Å². The standard InChI is InChI=1S/C14H18ClNO3/c15-11-4-6-13(7-5-11)19-10-14(18)16(8-9-17)12-2-1-3-12/h4-7,12,17H,1-3,8-10H2. The minimum atomic E-state index is -0.0753. The van der Waals surface area contributed by atoms with Crippen molar-refractivity contribution in [1.82, 2.24) is 4.90 Å². The maximum atomic E-state index is 12.1. The van der Waals surface area contributed by atoms with Gasteiger partial charge in [-0.05, 0) is 43.5 Å². The van der Waals surface area contributed by atoms with E-state index in [-0.39, 0.29) is 25.2 Å². The molecule has 1 fully saturated rings. The Morgan fingerprint density at radius 3 is 2.58 bits per heavy atom. The average molecular weight is 284 g/mol. The molecule has 1 aliphatic rings. The number of nitrogens with zero attached hydrogens (tertiary/aromatic N) is 1. The molecular weight excluding hydrogens is 266 g/mol. The number of ether oxygens (including phenoxy) is 1. The van der Waals surface area contributed by atoms with E-state index < -0.39 is 0 Å². The van der Waals surface area contributed by atoms with E-state index in [0.717, 1.165) is 19.3 Å². The Morgan fingerprint density at radius 2 is 2.05 bits per heavy atom. The third-order valence-corrected chi connectivity index (χ3v) is 3.60. The lowest BCUT2D eigenvalue weighted by atomic mass is 9.91. The van der Waals surface area contributed by atoms with Crippen molar-refractivity contribution in [2.45, 2.75) is 25.3 Å². The molecule has 1 saturated carbocycles. The van der Waals surface area contributed by atoms with Crippen LogP contribution in [0.3, 0.4) is 0 Å². The van der Waals surface area contributed by atoms with Gasteiger partial charge in [0.2, 0.25) is 0 Å². The van der Waals surface area contributed by atoms with E-state index >= 15 is 0 Å². The van der Waals surface area contributed by atoms with Crippen molar-refractivity contribution in [1.29, 1.82) is 0 Å². The maximum Gasteiger partial charge on any atom is 0.260 e. The van der Waals surface area contributed by atoms with Crippen LogP contribution in [0, 0.1) is 0 Å². The van der Waals surface area contributed by atoms with E-state index in [2.05, 4.69) is 0 Å². The number of aliphatic hydroxyl groups is 1. The summed E-state index contributed by atoms with van der Waals surface area (Å²) in [4.78, 5) is 13.8. The zero-order valence-corrected chi connectivity index (χ0v) is 11.5. The molecule has 0 saturated heterocycles. The molecule has 1 aliphatic carbocycles. The number of hydrogen-bond donors (Lipinski definition) is 1. The molecule has 19 heavy (non-hydrogen) atoms. The summed E-state index contributed by atoms with van der Waals surface area (Å²) in [6.45, 7) is 0.370. The van der Waals surface area contributed by atoms with E-state index in [0.29, 0.717) is 17.3 Å². The normalized spacial score (nSPS) is 14.8. The summed E-state index contributed by atoms with van der Waals surface area (Å²) in [5, 5.41) is 9.65. The first-order valence-corrected chi connectivity index (χ1v) is 6.87. The number of halogens is 1. The van der Waals surface area contributed by atoms with Gasteiger partial charge in [-0.1, -0.05) is 11.6 Å². The van der Waals surface area contributed by atoms with Gasteiger partial charge in [-0.25, -0.2) is 0 Å². The minimum Gasteiger partial charge on any atom is -0.484 e. The van der Waals surface area contributed by atoms with Gasteiger partial charge in [-0.2, -0.15) is 0 Å². The number of hydrogen-bond acceptors (Lipinski definition) is 3. The van der Waals surface area contributed by atoms with Crippen molar-refractivity contribution in [3.8, 4) is 5.75 Å². The lowest BCUT2D eigenvalue weighted by Gasteiger charge is -2.37. The van der Waals surface area contributed by atoms with Gasteiger partial charge in [0.15, 0.2) is 6.61 Å². The van der Waals surface area contributed by atoms with E-state index in [1.54, 1.807) is 29.2 Å². The number of benzene rings is 1. The molecule has 104 valence electrons. The predicted octanol–water partition coefficient (Wildman–Crippen LogP) is 2.09. The Bertz CT molecular complexity index is 417. The topological polar surface area (TPSA) is 49.8 Å². The van der Waals surface area contributed by atoms with Crippen molar-refractivity contribution in [3.63, 3.8) is 0 Å². The first kappa shape index (κ1) is 14.2. The molecule has 4 nitrogen and oxygen atoms in total. The van der Waals surface area contributed by atoms with Gasteiger partial charge in [-0.15, -0.1) is 0 Å². The molecule has 0 aromatic heterocycles. The van der Waals surface area contributed by atoms with Gasteiger partial charge in [0.1, 0.15) is 5.75 Å². The Hall–Kier alpha value is -1.26. The maximum absolute atomic E-state index is 12.1. The van der Waals surface area contributed by atoms with Crippen LogP contribution in [0.1, 0.15) is 19.3 Å². The highest BCUT2D eigenvalue weighted by Crippen LogP contribution is 2.24. The predicted molar refractivity (Wildman–Crippen MR) is 73.4 cm³/mol. The average Bonchev–Trinajstić information content (AvgIpc) is 2.35. The van der Waals surface area contributed by atoms with Crippen LogP contribution in [0.2, 0.25) is 5.02 Å². The number of carbonyl (C=O) groups excluding carboxylic acids is 1. The molecule has 0 radical (unpaired) electrons. The third-order valence-electron chi connectivity index (χ3n) is 3.35. The molecular formula is C14H18ClNO3.